The average Bonchev–Trinajstić information content (AvgIpc) is 4.00. The van der Waals surface area contributed by atoms with Crippen molar-refractivity contribution in [1.82, 2.24) is 9.38 Å². The van der Waals surface area contributed by atoms with Crippen LogP contribution < -0.4 is 0 Å². The first-order valence-electron chi connectivity index (χ1n) is 23.4. The van der Waals surface area contributed by atoms with Crippen LogP contribution in [0.5, 0.6) is 0 Å². The summed E-state index contributed by atoms with van der Waals surface area (Å²) in [5.74, 6) is 0. The van der Waals surface area contributed by atoms with Crippen LogP contribution in [0.1, 0.15) is 0 Å². The van der Waals surface area contributed by atoms with Crippen molar-refractivity contribution in [3.8, 4) is 44.6 Å². The molecule has 15 aromatic rings. The van der Waals surface area contributed by atoms with Gasteiger partial charge in [-0.3, -0.25) is 4.40 Å². The zero-order chi connectivity index (χ0) is 44.5. The number of pyridine rings is 1. The summed E-state index contributed by atoms with van der Waals surface area (Å²) in [4.78, 5) is 5.52. The molecular formula is C65H38N2S. The maximum atomic E-state index is 5.52. The Morgan fingerprint density at radius 3 is 1.47 bits per heavy atom. The smallest absolute Gasteiger partial charge is 0.156 e. The molecule has 0 aliphatic carbocycles. The first kappa shape index (κ1) is 37.6. The van der Waals surface area contributed by atoms with Gasteiger partial charge in [-0.1, -0.05) is 206 Å². The molecule has 0 saturated heterocycles. The summed E-state index contributed by atoms with van der Waals surface area (Å²) < 4.78 is 4.89. The molecule has 0 N–H and O–H groups in total. The number of rotatable bonds is 4. The number of imidazole rings is 1. The monoisotopic (exact) mass is 878 g/mol. The van der Waals surface area contributed by atoms with Gasteiger partial charge >= 0.3 is 0 Å². The molecule has 0 aliphatic heterocycles. The first-order valence-corrected chi connectivity index (χ1v) is 24.2. The zero-order valence-electron chi connectivity index (χ0n) is 36.7. The van der Waals surface area contributed by atoms with E-state index in [9.17, 15) is 0 Å². The standard InChI is InChI=1S/C65H38N2S/c1-2-12-45-40(11-1)29-32-57-54(45)35-36-60-63(57)66-65-64-59(56-19-9-10-20-62(56)68-64)38-61(67(60)65)43-27-25-42(26-28-43)47-34-33-46(48-13-3-4-14-49(47)48)41-23-21-39(22-24-41)44-30-31-55-52-17-6-5-15-50(52)51-16-7-8-18-53(51)58(55)37-44/h1-38H. The zero-order valence-corrected chi connectivity index (χ0v) is 37.6. The molecule has 2 nitrogen and oxygen atoms in total. The van der Waals surface area contributed by atoms with Crippen molar-refractivity contribution in [1.29, 1.82) is 0 Å². The predicted octanol–water partition coefficient (Wildman–Crippen LogP) is 18.4. The van der Waals surface area contributed by atoms with Crippen molar-refractivity contribution in [3.63, 3.8) is 0 Å². The molecule has 3 aromatic heterocycles. The molecular weight excluding hydrogens is 841 g/mol. The van der Waals surface area contributed by atoms with Gasteiger partial charge in [0.15, 0.2) is 5.65 Å². The Morgan fingerprint density at radius 2 is 0.794 bits per heavy atom. The topological polar surface area (TPSA) is 17.3 Å². The molecule has 0 unspecified atom stereocenters. The number of aromatic nitrogens is 2. The third-order valence-corrected chi connectivity index (χ3v) is 15.8. The summed E-state index contributed by atoms with van der Waals surface area (Å²) in [7, 11) is 0. The summed E-state index contributed by atoms with van der Waals surface area (Å²) in [5, 5.41) is 17.7. The number of thiophene rings is 1. The molecule has 12 aromatic carbocycles. The van der Waals surface area contributed by atoms with Gasteiger partial charge < -0.3 is 0 Å². The lowest BCUT2D eigenvalue weighted by molar-refractivity contribution is 1.25. The van der Waals surface area contributed by atoms with Gasteiger partial charge in [0.05, 0.1) is 21.4 Å². The van der Waals surface area contributed by atoms with Gasteiger partial charge in [-0.2, -0.15) is 0 Å². The lowest BCUT2D eigenvalue weighted by Gasteiger charge is -2.14. The van der Waals surface area contributed by atoms with Gasteiger partial charge in [0.2, 0.25) is 0 Å². The van der Waals surface area contributed by atoms with Crippen molar-refractivity contribution >= 4 is 113 Å². The third kappa shape index (κ3) is 5.48. The van der Waals surface area contributed by atoms with E-state index in [0.717, 1.165) is 27.9 Å². The number of fused-ring (bicyclic) bond motifs is 18. The number of hydrogen-bond acceptors (Lipinski definition) is 2. The van der Waals surface area contributed by atoms with E-state index in [1.54, 1.807) is 0 Å². The number of benzene rings is 12. The SMILES string of the molecule is c1ccc2c(c1)ccc1c2ccc2c1nc1c3sc4ccccc4c3cc(-c3ccc(-c4ccc(-c5ccc(-c6ccc7c8ccccc8c8ccccc8c7c6)cc5)c5ccccc45)cc3)n21. The van der Waals surface area contributed by atoms with Crippen LogP contribution in [0.3, 0.4) is 0 Å². The van der Waals surface area contributed by atoms with Crippen LogP contribution in [0.15, 0.2) is 231 Å². The highest BCUT2D eigenvalue weighted by atomic mass is 32.1. The Morgan fingerprint density at radius 1 is 0.309 bits per heavy atom. The number of hydrogen-bond donors (Lipinski definition) is 0. The summed E-state index contributed by atoms with van der Waals surface area (Å²) in [6.07, 6.45) is 0. The van der Waals surface area contributed by atoms with Gasteiger partial charge in [0.1, 0.15) is 0 Å². The van der Waals surface area contributed by atoms with Crippen molar-refractivity contribution in [2.45, 2.75) is 0 Å². The van der Waals surface area contributed by atoms with Crippen LogP contribution in [0, 0.1) is 0 Å². The fourth-order valence-corrected chi connectivity index (χ4v) is 12.5. The van der Waals surface area contributed by atoms with E-state index in [2.05, 4.69) is 235 Å². The van der Waals surface area contributed by atoms with Crippen LogP contribution >= 0.6 is 11.3 Å². The summed E-state index contributed by atoms with van der Waals surface area (Å²) in [6.45, 7) is 0. The van der Waals surface area contributed by atoms with Crippen LogP contribution in [0.4, 0.5) is 0 Å². The summed E-state index contributed by atoms with van der Waals surface area (Å²) in [6, 6.07) is 85.2. The van der Waals surface area contributed by atoms with Crippen LogP contribution in [0.2, 0.25) is 0 Å². The van der Waals surface area contributed by atoms with Crippen molar-refractivity contribution in [2.24, 2.45) is 0 Å². The lowest BCUT2D eigenvalue weighted by Crippen LogP contribution is -1.93. The Kier molecular flexibility index (Phi) is 7.98. The number of nitrogens with zero attached hydrogens (tertiary/aromatic N) is 2. The van der Waals surface area contributed by atoms with Gasteiger partial charge in [-0.05, 0) is 122 Å². The maximum Gasteiger partial charge on any atom is 0.156 e. The van der Waals surface area contributed by atoms with Gasteiger partial charge in [-0.15, -0.1) is 11.3 Å². The van der Waals surface area contributed by atoms with E-state index in [-0.39, 0.29) is 0 Å². The van der Waals surface area contributed by atoms with E-state index < -0.39 is 0 Å². The molecule has 15 rings (SSSR count). The highest BCUT2D eigenvalue weighted by molar-refractivity contribution is 7.26. The molecule has 3 heterocycles. The van der Waals surface area contributed by atoms with E-state index >= 15 is 0 Å². The second-order valence-corrected chi connectivity index (χ2v) is 19.2. The molecule has 0 radical (unpaired) electrons. The maximum absolute atomic E-state index is 5.52. The highest BCUT2D eigenvalue weighted by Crippen LogP contribution is 2.44. The minimum Gasteiger partial charge on any atom is -0.291 e. The van der Waals surface area contributed by atoms with Crippen molar-refractivity contribution in [2.75, 3.05) is 0 Å². The second-order valence-electron chi connectivity index (χ2n) is 18.2. The Bertz CT molecular complexity index is 4560. The Labute approximate surface area is 395 Å². The third-order valence-electron chi connectivity index (χ3n) is 14.6. The Balaban J connectivity index is 0.823. The van der Waals surface area contributed by atoms with E-state index in [1.165, 1.54) is 118 Å². The molecule has 0 aliphatic rings. The molecule has 3 heteroatoms. The highest BCUT2D eigenvalue weighted by Gasteiger charge is 2.20. The lowest BCUT2D eigenvalue weighted by atomic mass is 9.90. The minimum atomic E-state index is 1.01. The van der Waals surface area contributed by atoms with E-state index in [0.29, 0.717) is 0 Å². The van der Waals surface area contributed by atoms with Crippen LogP contribution in [-0.4, -0.2) is 9.38 Å². The predicted molar refractivity (Wildman–Crippen MR) is 292 cm³/mol. The fourth-order valence-electron chi connectivity index (χ4n) is 11.4. The fraction of sp³-hybridized carbons (Fsp3) is 0. The summed E-state index contributed by atoms with van der Waals surface area (Å²) >= 11 is 1.84. The molecule has 0 bridgehead atoms. The average molecular weight is 879 g/mol. The molecule has 0 spiro atoms. The van der Waals surface area contributed by atoms with Crippen LogP contribution in [0.25, 0.3) is 146 Å². The molecule has 0 amide bonds. The van der Waals surface area contributed by atoms with Crippen molar-refractivity contribution < 1.29 is 0 Å². The molecule has 68 heavy (non-hydrogen) atoms. The van der Waals surface area contributed by atoms with Gasteiger partial charge in [-0.25, -0.2) is 4.98 Å². The van der Waals surface area contributed by atoms with Gasteiger partial charge in [0.25, 0.3) is 0 Å². The second kappa shape index (κ2) is 14.4. The normalized spacial score (nSPS) is 12.1. The largest absolute Gasteiger partial charge is 0.291 e. The van der Waals surface area contributed by atoms with Crippen LogP contribution in [-0.2, 0) is 0 Å². The molecule has 0 atom stereocenters. The minimum absolute atomic E-state index is 1.01. The van der Waals surface area contributed by atoms with E-state index in [1.807, 2.05) is 11.3 Å². The molecule has 314 valence electrons. The first-order chi connectivity index (χ1) is 33.7. The molecule has 0 saturated carbocycles. The molecule has 0 fully saturated rings. The van der Waals surface area contributed by atoms with Gasteiger partial charge in [0, 0.05) is 20.9 Å². The summed E-state index contributed by atoms with van der Waals surface area (Å²) in [5.41, 5.74) is 12.7. The van der Waals surface area contributed by atoms with E-state index in [4.69, 9.17) is 4.98 Å². The Hall–Kier alpha value is -8.63. The quantitative estimate of drug-likeness (QED) is 0.161. The van der Waals surface area contributed by atoms with Crippen molar-refractivity contribution in [3.05, 3.63) is 231 Å².